The molecule has 1 saturated heterocycles. The minimum atomic E-state index is -4.38. The Bertz CT molecular complexity index is 533. The molecule has 2 rings (SSSR count). The average molecular weight is 362 g/mol. The normalized spacial score (nSPS) is 18.2. The van der Waals surface area contributed by atoms with Gasteiger partial charge in [-0.15, -0.1) is 0 Å². The second-order valence-corrected chi connectivity index (χ2v) is 5.75. The quantitative estimate of drug-likeness (QED) is 0.897. The molecule has 0 aliphatic carbocycles. The van der Waals surface area contributed by atoms with Crippen molar-refractivity contribution in [1.82, 2.24) is 10.2 Å². The van der Waals surface area contributed by atoms with Crippen LogP contribution in [0.25, 0.3) is 0 Å². The SMILES string of the molecule is N#CC[C@H](c1cc(C(F)(F)F)ccc1Br)N1CCNCC1. The summed E-state index contributed by atoms with van der Waals surface area (Å²) in [4.78, 5) is 2.06. The summed E-state index contributed by atoms with van der Waals surface area (Å²) in [5, 5.41) is 12.2. The predicted molar refractivity (Wildman–Crippen MR) is 76.6 cm³/mol. The molecule has 1 aliphatic rings. The summed E-state index contributed by atoms with van der Waals surface area (Å²) < 4.78 is 39.3. The van der Waals surface area contributed by atoms with Crippen molar-refractivity contribution in [1.29, 1.82) is 5.26 Å². The van der Waals surface area contributed by atoms with Gasteiger partial charge in [-0.25, -0.2) is 0 Å². The largest absolute Gasteiger partial charge is 0.416 e. The van der Waals surface area contributed by atoms with Crippen LogP contribution in [0.3, 0.4) is 0 Å². The van der Waals surface area contributed by atoms with Gasteiger partial charge in [0.15, 0.2) is 0 Å². The molecule has 114 valence electrons. The molecule has 21 heavy (non-hydrogen) atoms. The summed E-state index contributed by atoms with van der Waals surface area (Å²) in [6.45, 7) is 2.99. The highest BCUT2D eigenvalue weighted by Crippen LogP contribution is 2.36. The number of nitrogens with one attached hydrogen (secondary N) is 1. The van der Waals surface area contributed by atoms with Crippen LogP contribution in [0.4, 0.5) is 13.2 Å². The van der Waals surface area contributed by atoms with E-state index in [2.05, 4.69) is 32.2 Å². The first-order chi connectivity index (χ1) is 9.93. The number of nitrogens with zero attached hydrogens (tertiary/aromatic N) is 2. The Balaban J connectivity index is 2.37. The molecule has 7 heteroatoms. The van der Waals surface area contributed by atoms with Gasteiger partial charge < -0.3 is 5.32 Å². The van der Waals surface area contributed by atoms with Crippen LogP contribution in [0.5, 0.6) is 0 Å². The maximum atomic E-state index is 12.9. The fourth-order valence-corrected chi connectivity index (χ4v) is 3.00. The Morgan fingerprint density at radius 2 is 2.00 bits per heavy atom. The molecular formula is C14H15BrF3N3. The Hall–Kier alpha value is -1.10. The molecule has 1 atom stereocenters. The Morgan fingerprint density at radius 3 is 2.57 bits per heavy atom. The third-order valence-corrected chi connectivity index (χ3v) is 4.28. The number of hydrogen-bond acceptors (Lipinski definition) is 3. The summed E-state index contributed by atoms with van der Waals surface area (Å²) in [7, 11) is 0. The zero-order valence-corrected chi connectivity index (χ0v) is 12.8. The van der Waals surface area contributed by atoms with Gasteiger partial charge in [-0.1, -0.05) is 15.9 Å². The van der Waals surface area contributed by atoms with Crippen molar-refractivity contribution in [2.75, 3.05) is 26.2 Å². The zero-order valence-electron chi connectivity index (χ0n) is 11.3. The standard InChI is InChI=1S/C14H15BrF3N3/c15-12-2-1-10(14(16,17)18)9-11(12)13(3-4-19)21-7-5-20-6-8-21/h1-2,9,13,20H,3,5-8H2/t13-/m1/s1. The van der Waals surface area contributed by atoms with Gasteiger partial charge >= 0.3 is 6.18 Å². The van der Waals surface area contributed by atoms with E-state index in [1.165, 1.54) is 6.07 Å². The number of hydrogen-bond donors (Lipinski definition) is 1. The molecule has 0 radical (unpaired) electrons. The third kappa shape index (κ3) is 3.96. The van der Waals surface area contributed by atoms with Crippen LogP contribution in [-0.4, -0.2) is 31.1 Å². The fourth-order valence-electron chi connectivity index (χ4n) is 2.49. The lowest BCUT2D eigenvalue weighted by Crippen LogP contribution is -2.45. The van der Waals surface area contributed by atoms with Gasteiger partial charge in [0.25, 0.3) is 0 Å². The summed E-state index contributed by atoms with van der Waals surface area (Å²) in [6.07, 6.45) is -4.21. The first-order valence-electron chi connectivity index (χ1n) is 6.62. The van der Waals surface area contributed by atoms with E-state index in [1.54, 1.807) is 0 Å². The summed E-state index contributed by atoms with van der Waals surface area (Å²) in [6, 6.07) is 5.36. The summed E-state index contributed by atoms with van der Waals surface area (Å²) >= 11 is 3.32. The van der Waals surface area contributed by atoms with Crippen LogP contribution in [0.15, 0.2) is 22.7 Å². The highest BCUT2D eigenvalue weighted by atomic mass is 79.9. The van der Waals surface area contributed by atoms with Crippen molar-refractivity contribution in [2.24, 2.45) is 0 Å². The lowest BCUT2D eigenvalue weighted by Gasteiger charge is -2.34. The van der Waals surface area contributed by atoms with Gasteiger partial charge in [-0.05, 0) is 23.8 Å². The molecule has 0 aromatic heterocycles. The van der Waals surface area contributed by atoms with Crippen LogP contribution in [-0.2, 0) is 6.18 Å². The fraction of sp³-hybridized carbons (Fsp3) is 0.500. The maximum absolute atomic E-state index is 12.9. The van der Waals surface area contributed by atoms with E-state index in [0.29, 0.717) is 10.0 Å². The Labute approximate surface area is 129 Å². The molecule has 1 heterocycles. The van der Waals surface area contributed by atoms with E-state index in [4.69, 9.17) is 5.26 Å². The molecule has 1 N–H and O–H groups in total. The molecule has 0 bridgehead atoms. The summed E-state index contributed by atoms with van der Waals surface area (Å²) in [5.74, 6) is 0. The monoisotopic (exact) mass is 361 g/mol. The lowest BCUT2D eigenvalue weighted by molar-refractivity contribution is -0.137. The Kier molecular flexibility index (Phi) is 5.25. The van der Waals surface area contributed by atoms with Gasteiger partial charge in [0, 0.05) is 36.7 Å². The minimum Gasteiger partial charge on any atom is -0.314 e. The number of halogens is 4. The first kappa shape index (κ1) is 16.3. The molecule has 1 aromatic carbocycles. The topological polar surface area (TPSA) is 39.1 Å². The van der Waals surface area contributed by atoms with Gasteiger partial charge in [-0.3, -0.25) is 4.90 Å². The van der Waals surface area contributed by atoms with E-state index in [1.807, 2.05) is 0 Å². The molecule has 0 saturated carbocycles. The smallest absolute Gasteiger partial charge is 0.314 e. The van der Waals surface area contributed by atoms with E-state index in [9.17, 15) is 13.2 Å². The molecule has 0 amide bonds. The first-order valence-corrected chi connectivity index (χ1v) is 7.41. The second-order valence-electron chi connectivity index (χ2n) is 4.90. The number of rotatable bonds is 3. The maximum Gasteiger partial charge on any atom is 0.416 e. The highest BCUT2D eigenvalue weighted by Gasteiger charge is 2.32. The highest BCUT2D eigenvalue weighted by molar-refractivity contribution is 9.10. The van der Waals surface area contributed by atoms with Crippen LogP contribution in [0, 0.1) is 11.3 Å². The number of nitriles is 1. The third-order valence-electron chi connectivity index (χ3n) is 3.56. The van der Waals surface area contributed by atoms with E-state index in [0.717, 1.165) is 38.3 Å². The van der Waals surface area contributed by atoms with Crippen LogP contribution in [0.2, 0.25) is 0 Å². The summed E-state index contributed by atoms with van der Waals surface area (Å²) in [5.41, 5.74) is -0.160. The van der Waals surface area contributed by atoms with Crippen molar-refractivity contribution >= 4 is 15.9 Å². The minimum absolute atomic E-state index is 0.167. The molecule has 1 aliphatic heterocycles. The van der Waals surface area contributed by atoms with Crippen molar-refractivity contribution in [3.8, 4) is 6.07 Å². The second kappa shape index (κ2) is 6.77. The zero-order chi connectivity index (χ0) is 15.5. The van der Waals surface area contributed by atoms with E-state index >= 15 is 0 Å². The van der Waals surface area contributed by atoms with Crippen molar-refractivity contribution in [3.05, 3.63) is 33.8 Å². The molecule has 1 fully saturated rings. The number of benzene rings is 1. The van der Waals surface area contributed by atoms with Gasteiger partial charge in [-0.2, -0.15) is 18.4 Å². The molecule has 0 spiro atoms. The van der Waals surface area contributed by atoms with Crippen LogP contribution >= 0.6 is 15.9 Å². The van der Waals surface area contributed by atoms with Crippen LogP contribution in [0.1, 0.15) is 23.6 Å². The molecule has 3 nitrogen and oxygen atoms in total. The van der Waals surface area contributed by atoms with Crippen LogP contribution < -0.4 is 5.32 Å². The molecule has 1 aromatic rings. The van der Waals surface area contributed by atoms with E-state index in [-0.39, 0.29) is 12.5 Å². The Morgan fingerprint density at radius 1 is 1.33 bits per heavy atom. The van der Waals surface area contributed by atoms with E-state index < -0.39 is 11.7 Å². The number of alkyl halides is 3. The van der Waals surface area contributed by atoms with Crippen molar-refractivity contribution < 1.29 is 13.2 Å². The molecule has 0 unspecified atom stereocenters. The molecular weight excluding hydrogens is 347 g/mol. The lowest BCUT2D eigenvalue weighted by atomic mass is 9.99. The predicted octanol–water partition coefficient (Wildman–Crippen LogP) is 3.33. The number of piperazine rings is 1. The van der Waals surface area contributed by atoms with Gasteiger partial charge in [0.1, 0.15) is 0 Å². The van der Waals surface area contributed by atoms with Crippen molar-refractivity contribution in [3.63, 3.8) is 0 Å². The van der Waals surface area contributed by atoms with Gasteiger partial charge in [0.2, 0.25) is 0 Å². The van der Waals surface area contributed by atoms with Gasteiger partial charge in [0.05, 0.1) is 18.1 Å². The van der Waals surface area contributed by atoms with Crippen molar-refractivity contribution in [2.45, 2.75) is 18.6 Å². The average Bonchev–Trinajstić information content (AvgIpc) is 2.45.